The summed E-state index contributed by atoms with van der Waals surface area (Å²) in [5, 5.41) is 20.0. The zero-order valence-corrected chi connectivity index (χ0v) is 26.4. The Morgan fingerprint density at radius 3 is 1.81 bits per heavy atom. The first-order chi connectivity index (χ1) is 22.5. The Morgan fingerprint density at radius 1 is 0.681 bits per heavy atom. The monoisotopic (exact) mass is 646 g/mol. The van der Waals surface area contributed by atoms with Gasteiger partial charge in [0.05, 0.1) is 6.54 Å². The topological polar surface area (TPSA) is 201 Å². The largest absolute Gasteiger partial charge is 0.508 e. The second-order valence-electron chi connectivity index (χ2n) is 11.4. The smallest absolute Gasteiger partial charge is 0.408 e. The quantitative estimate of drug-likeness (QED) is 0.0691. The van der Waals surface area contributed by atoms with Gasteiger partial charge in [0.1, 0.15) is 30.5 Å². The number of carbonyl (C=O) groups is 5. The summed E-state index contributed by atoms with van der Waals surface area (Å²) < 4.78 is 5.31. The van der Waals surface area contributed by atoms with E-state index in [4.69, 9.17) is 10.6 Å². The number of amides is 5. The van der Waals surface area contributed by atoms with Crippen molar-refractivity contribution in [1.82, 2.24) is 26.7 Å². The molecule has 0 spiro atoms. The van der Waals surface area contributed by atoms with Crippen LogP contribution in [0.1, 0.15) is 37.0 Å². The molecule has 3 atom stereocenters. The molecular formula is C34H42N6O7. The molecule has 0 aromatic heterocycles. The van der Waals surface area contributed by atoms with Crippen molar-refractivity contribution in [1.29, 1.82) is 0 Å². The molecule has 0 aliphatic carbocycles. The summed E-state index contributed by atoms with van der Waals surface area (Å²) in [7, 11) is 0. The van der Waals surface area contributed by atoms with Crippen LogP contribution in [0.2, 0.25) is 0 Å². The van der Waals surface area contributed by atoms with Crippen molar-refractivity contribution in [3.05, 3.63) is 102 Å². The van der Waals surface area contributed by atoms with Crippen molar-refractivity contribution >= 4 is 29.7 Å². The lowest BCUT2D eigenvalue weighted by Gasteiger charge is -2.24. The third-order valence-electron chi connectivity index (χ3n) is 7.04. The predicted molar refractivity (Wildman–Crippen MR) is 174 cm³/mol. The van der Waals surface area contributed by atoms with E-state index >= 15 is 0 Å². The van der Waals surface area contributed by atoms with Crippen molar-refractivity contribution < 1.29 is 33.8 Å². The van der Waals surface area contributed by atoms with Gasteiger partial charge in [0.25, 0.3) is 5.91 Å². The van der Waals surface area contributed by atoms with E-state index in [9.17, 15) is 29.1 Å². The lowest BCUT2D eigenvalue weighted by atomic mass is 10.0. The highest BCUT2D eigenvalue weighted by atomic mass is 16.5. The average molecular weight is 647 g/mol. The van der Waals surface area contributed by atoms with Crippen LogP contribution in [0.15, 0.2) is 84.9 Å². The molecule has 0 radical (unpaired) electrons. The van der Waals surface area contributed by atoms with Crippen LogP contribution < -0.4 is 32.5 Å². The van der Waals surface area contributed by atoms with Gasteiger partial charge in [-0.05, 0) is 41.2 Å². The van der Waals surface area contributed by atoms with E-state index in [0.717, 1.165) is 11.1 Å². The first-order valence-electron chi connectivity index (χ1n) is 15.2. The molecular weight excluding hydrogens is 604 g/mol. The summed E-state index contributed by atoms with van der Waals surface area (Å²) in [6, 6.07) is 21.0. The molecule has 13 heteroatoms. The molecule has 3 aromatic carbocycles. The number of phenols is 1. The first-order valence-corrected chi connectivity index (χ1v) is 15.2. The molecule has 5 amide bonds. The number of hydrazine groups is 1. The van der Waals surface area contributed by atoms with E-state index in [-0.39, 0.29) is 37.5 Å². The number of alkyl carbamates (subject to hydrolysis) is 1. The maximum absolute atomic E-state index is 13.5. The first kappa shape index (κ1) is 36.0. The highest BCUT2D eigenvalue weighted by molar-refractivity contribution is 5.94. The van der Waals surface area contributed by atoms with E-state index in [0.29, 0.717) is 5.56 Å². The zero-order valence-electron chi connectivity index (χ0n) is 26.4. The molecule has 8 N–H and O–H groups in total. The fourth-order valence-electron chi connectivity index (χ4n) is 4.65. The molecule has 47 heavy (non-hydrogen) atoms. The highest BCUT2D eigenvalue weighted by Gasteiger charge is 2.29. The molecule has 0 fully saturated rings. The van der Waals surface area contributed by atoms with Crippen molar-refractivity contribution in [3.63, 3.8) is 0 Å². The van der Waals surface area contributed by atoms with E-state index in [1.54, 1.807) is 60.7 Å². The molecule has 13 nitrogen and oxygen atoms in total. The Labute approximate surface area is 273 Å². The Bertz CT molecular complexity index is 1470. The molecule has 0 bridgehead atoms. The van der Waals surface area contributed by atoms with Gasteiger partial charge in [0.2, 0.25) is 17.7 Å². The minimum absolute atomic E-state index is 0.0141. The Morgan fingerprint density at radius 2 is 1.23 bits per heavy atom. The lowest BCUT2D eigenvalue weighted by molar-refractivity contribution is -0.132. The molecule has 0 saturated heterocycles. The molecule has 0 heterocycles. The van der Waals surface area contributed by atoms with Crippen molar-refractivity contribution in [3.8, 4) is 5.75 Å². The number of phenolic OH excluding ortho intramolecular Hbond substituents is 1. The summed E-state index contributed by atoms with van der Waals surface area (Å²) in [6.07, 6.45) is -0.383. The van der Waals surface area contributed by atoms with E-state index in [2.05, 4.69) is 21.3 Å². The number of benzene rings is 3. The summed E-state index contributed by atoms with van der Waals surface area (Å²) >= 11 is 0. The number of hydrogen-bond donors (Lipinski definition) is 7. The maximum Gasteiger partial charge on any atom is 0.408 e. The van der Waals surface area contributed by atoms with Crippen molar-refractivity contribution in [2.24, 2.45) is 11.8 Å². The minimum atomic E-state index is -1.14. The van der Waals surface area contributed by atoms with Crippen molar-refractivity contribution in [2.75, 3.05) is 6.54 Å². The second-order valence-corrected chi connectivity index (χ2v) is 11.4. The standard InChI is InChI=1S/C34H42N6O7/c1-22(2)17-27(31(43)36-20-30(42)37-29(33(45)40-35)18-23-9-5-3-6-10-23)38-32(44)28(19-24-13-15-26(41)16-14-24)39-34(46)47-21-25-11-7-4-8-12-25/h3-16,22,27-29,41H,17-21,35H2,1-2H3,(H,36,43)(H,37,42)(H,38,44)(H,39,46)(H,40,45)/t27-,28+,29+/m1/s1. The molecule has 3 aromatic rings. The fourth-order valence-corrected chi connectivity index (χ4v) is 4.65. The number of nitrogens with one attached hydrogen (secondary N) is 5. The van der Waals surface area contributed by atoms with Gasteiger partial charge < -0.3 is 31.1 Å². The molecule has 0 unspecified atom stereocenters. The number of rotatable bonds is 16. The second kappa shape index (κ2) is 18.5. The van der Waals surface area contributed by atoms with Gasteiger partial charge >= 0.3 is 6.09 Å². The van der Waals surface area contributed by atoms with Crippen LogP contribution in [0, 0.1) is 5.92 Å². The van der Waals surface area contributed by atoms with E-state index in [1.165, 1.54) is 12.1 Å². The van der Waals surface area contributed by atoms with Gasteiger partial charge in [-0.15, -0.1) is 0 Å². The van der Waals surface area contributed by atoms with Gasteiger partial charge in [-0.1, -0.05) is 86.6 Å². The third kappa shape index (κ3) is 12.8. The zero-order chi connectivity index (χ0) is 34.2. The van der Waals surface area contributed by atoms with E-state index < -0.39 is 54.4 Å². The predicted octanol–water partition coefficient (Wildman–Crippen LogP) is 1.59. The fraction of sp³-hybridized carbons (Fsp3) is 0.324. The van der Waals surface area contributed by atoms with Gasteiger partial charge in [0, 0.05) is 12.8 Å². The molecule has 0 aliphatic heterocycles. The Kier molecular flexibility index (Phi) is 14.2. The maximum atomic E-state index is 13.5. The van der Waals surface area contributed by atoms with Gasteiger partial charge in [0.15, 0.2) is 0 Å². The summed E-state index contributed by atoms with van der Waals surface area (Å²) in [4.78, 5) is 64.5. The van der Waals surface area contributed by atoms with Crippen LogP contribution in [-0.4, -0.2) is 59.5 Å². The van der Waals surface area contributed by atoms with Gasteiger partial charge in [-0.2, -0.15) is 0 Å². The van der Waals surface area contributed by atoms with Crippen LogP contribution in [0.4, 0.5) is 4.79 Å². The van der Waals surface area contributed by atoms with Gasteiger partial charge in [-0.25, -0.2) is 10.6 Å². The minimum Gasteiger partial charge on any atom is -0.508 e. The lowest BCUT2D eigenvalue weighted by Crippen LogP contribution is -2.56. The molecule has 3 rings (SSSR count). The average Bonchev–Trinajstić information content (AvgIpc) is 3.06. The van der Waals surface area contributed by atoms with E-state index in [1.807, 2.05) is 31.4 Å². The highest BCUT2D eigenvalue weighted by Crippen LogP contribution is 2.13. The normalized spacial score (nSPS) is 12.6. The number of nitrogens with two attached hydrogens (primary N) is 1. The molecule has 0 aliphatic rings. The molecule has 250 valence electrons. The molecule has 0 saturated carbocycles. The van der Waals surface area contributed by atoms with Crippen LogP contribution >= 0.6 is 0 Å². The number of hydrogen-bond acceptors (Lipinski definition) is 8. The van der Waals surface area contributed by atoms with Crippen LogP contribution in [0.5, 0.6) is 5.75 Å². The van der Waals surface area contributed by atoms with Crippen LogP contribution in [0.25, 0.3) is 0 Å². The van der Waals surface area contributed by atoms with Crippen LogP contribution in [-0.2, 0) is 43.4 Å². The number of ether oxygens (including phenoxy) is 1. The number of aromatic hydroxyl groups is 1. The summed E-state index contributed by atoms with van der Waals surface area (Å²) in [5.74, 6) is 2.81. The Hall–Kier alpha value is -5.43. The summed E-state index contributed by atoms with van der Waals surface area (Å²) in [5.41, 5.74) is 4.23. The third-order valence-corrected chi connectivity index (χ3v) is 7.04. The van der Waals surface area contributed by atoms with Gasteiger partial charge in [-0.3, -0.25) is 24.6 Å². The Balaban J connectivity index is 1.65. The van der Waals surface area contributed by atoms with Crippen molar-refractivity contribution in [2.45, 2.75) is 57.8 Å². The summed E-state index contributed by atoms with van der Waals surface area (Å²) in [6.45, 7) is 3.25. The SMILES string of the molecule is CC(C)C[C@@H](NC(=O)[C@H](Cc1ccc(O)cc1)NC(=O)OCc1ccccc1)C(=O)NCC(=O)N[C@@H](Cc1ccccc1)C(=O)NN. The number of carbonyl (C=O) groups excluding carboxylic acids is 5. The van der Waals surface area contributed by atoms with Crippen LogP contribution in [0.3, 0.4) is 0 Å².